The molecule has 0 bridgehead atoms. The Kier molecular flexibility index (Phi) is 5.15. The number of carbonyl (C=O) groups excluding carboxylic acids is 1. The van der Waals surface area contributed by atoms with Crippen molar-refractivity contribution in [2.45, 2.75) is 11.8 Å². The Labute approximate surface area is 179 Å². The van der Waals surface area contributed by atoms with Crippen LogP contribution in [0, 0.1) is 6.92 Å². The van der Waals surface area contributed by atoms with E-state index < -0.39 is 15.9 Å². The summed E-state index contributed by atoms with van der Waals surface area (Å²) in [5.41, 5.74) is 1.79. The second kappa shape index (κ2) is 7.62. The van der Waals surface area contributed by atoms with Crippen LogP contribution in [-0.2, 0) is 10.0 Å². The molecule has 148 valence electrons. The van der Waals surface area contributed by atoms with Gasteiger partial charge in [0.25, 0.3) is 15.9 Å². The number of hydrogen-bond acceptors (Lipinski definition) is 6. The zero-order valence-corrected chi connectivity index (χ0v) is 18.2. The lowest BCUT2D eigenvalue weighted by atomic mass is 10.1. The number of thiazole rings is 1. The summed E-state index contributed by atoms with van der Waals surface area (Å²) >= 11 is 4.57. The van der Waals surface area contributed by atoms with E-state index in [0.29, 0.717) is 11.3 Å². The number of halogens is 1. The molecule has 7 nitrogen and oxygen atoms in total. The smallest absolute Gasteiger partial charge is 0.291 e. The fourth-order valence-corrected chi connectivity index (χ4v) is 4.90. The summed E-state index contributed by atoms with van der Waals surface area (Å²) < 4.78 is 33.7. The van der Waals surface area contributed by atoms with Gasteiger partial charge in [0.2, 0.25) is 0 Å². The zero-order valence-electron chi connectivity index (χ0n) is 15.0. The van der Waals surface area contributed by atoms with Gasteiger partial charge in [0.15, 0.2) is 10.9 Å². The molecule has 0 fully saturated rings. The minimum absolute atomic E-state index is 0.0652. The number of nitrogens with one attached hydrogen (secondary N) is 2. The maximum absolute atomic E-state index is 12.6. The summed E-state index contributed by atoms with van der Waals surface area (Å²) in [5.74, 6) is -0.202. The highest BCUT2D eigenvalue weighted by atomic mass is 79.9. The third-order valence-corrected chi connectivity index (χ3v) is 6.85. The van der Waals surface area contributed by atoms with Crippen LogP contribution >= 0.6 is 27.3 Å². The summed E-state index contributed by atoms with van der Waals surface area (Å²) in [6.07, 6.45) is 1.51. The Hall–Kier alpha value is -2.69. The van der Waals surface area contributed by atoms with Gasteiger partial charge in [-0.25, -0.2) is 13.4 Å². The third kappa shape index (κ3) is 4.04. The van der Waals surface area contributed by atoms with Crippen molar-refractivity contribution in [1.29, 1.82) is 0 Å². The largest absolute Gasteiger partial charge is 0.451 e. The number of fused-ring (bicyclic) bond motifs is 1. The number of nitrogens with zero attached hydrogens (tertiary/aromatic N) is 1. The van der Waals surface area contributed by atoms with Crippen LogP contribution in [0.2, 0.25) is 0 Å². The SMILES string of the molecule is Cc1c(C(=O)Nc2ccc(S(=O)(=O)Nc3nccs3)cc2)oc2cc(Br)ccc12. The van der Waals surface area contributed by atoms with Crippen LogP contribution in [-0.4, -0.2) is 19.3 Å². The number of amides is 1. The van der Waals surface area contributed by atoms with Crippen molar-refractivity contribution in [2.24, 2.45) is 0 Å². The minimum atomic E-state index is -3.75. The van der Waals surface area contributed by atoms with Crippen LogP contribution in [0.1, 0.15) is 16.1 Å². The lowest BCUT2D eigenvalue weighted by Gasteiger charge is -2.07. The van der Waals surface area contributed by atoms with Crippen LogP contribution < -0.4 is 10.0 Å². The van der Waals surface area contributed by atoms with Crippen molar-refractivity contribution in [3.05, 3.63) is 69.8 Å². The molecule has 2 N–H and O–H groups in total. The van der Waals surface area contributed by atoms with Crippen LogP contribution in [0.3, 0.4) is 0 Å². The van der Waals surface area contributed by atoms with Crippen LogP contribution in [0.4, 0.5) is 10.8 Å². The zero-order chi connectivity index (χ0) is 20.6. The molecule has 0 atom stereocenters. The molecule has 2 heterocycles. The molecule has 4 rings (SSSR count). The lowest BCUT2D eigenvalue weighted by Crippen LogP contribution is -2.14. The molecule has 2 aromatic heterocycles. The fourth-order valence-electron chi connectivity index (χ4n) is 2.77. The quantitative estimate of drug-likeness (QED) is 0.408. The van der Waals surface area contributed by atoms with Gasteiger partial charge in [0.1, 0.15) is 5.58 Å². The summed E-state index contributed by atoms with van der Waals surface area (Å²) in [7, 11) is -3.75. The Bertz CT molecular complexity index is 1300. The molecule has 0 spiro atoms. The van der Waals surface area contributed by atoms with Crippen LogP contribution in [0.5, 0.6) is 0 Å². The maximum atomic E-state index is 12.6. The molecule has 0 saturated heterocycles. The molecule has 0 aliphatic rings. The van der Waals surface area contributed by atoms with E-state index in [1.54, 1.807) is 11.4 Å². The van der Waals surface area contributed by atoms with Gasteiger partial charge in [0, 0.05) is 32.7 Å². The van der Waals surface area contributed by atoms with E-state index in [0.717, 1.165) is 15.4 Å². The molecule has 29 heavy (non-hydrogen) atoms. The Morgan fingerprint density at radius 2 is 1.93 bits per heavy atom. The first-order chi connectivity index (χ1) is 13.8. The highest BCUT2D eigenvalue weighted by Gasteiger charge is 2.19. The van der Waals surface area contributed by atoms with Crippen molar-refractivity contribution >= 4 is 65.0 Å². The molecule has 0 aliphatic carbocycles. The van der Waals surface area contributed by atoms with Crippen molar-refractivity contribution in [1.82, 2.24) is 4.98 Å². The molecule has 1 amide bonds. The lowest BCUT2D eigenvalue weighted by molar-refractivity contribution is 0.0998. The van der Waals surface area contributed by atoms with E-state index in [4.69, 9.17) is 4.42 Å². The minimum Gasteiger partial charge on any atom is -0.451 e. The van der Waals surface area contributed by atoms with Crippen molar-refractivity contribution in [3.8, 4) is 0 Å². The van der Waals surface area contributed by atoms with E-state index in [1.165, 1.54) is 41.8 Å². The van der Waals surface area contributed by atoms with Gasteiger partial charge >= 0.3 is 0 Å². The number of carbonyl (C=O) groups is 1. The topological polar surface area (TPSA) is 101 Å². The molecule has 10 heteroatoms. The summed E-state index contributed by atoms with van der Waals surface area (Å²) in [6.45, 7) is 1.81. The first kappa shape index (κ1) is 19.6. The highest BCUT2D eigenvalue weighted by molar-refractivity contribution is 9.10. The normalized spacial score (nSPS) is 11.5. The van der Waals surface area contributed by atoms with E-state index in [9.17, 15) is 13.2 Å². The second-order valence-electron chi connectivity index (χ2n) is 6.12. The fraction of sp³-hybridized carbons (Fsp3) is 0.0526. The van der Waals surface area contributed by atoms with Crippen molar-refractivity contribution in [3.63, 3.8) is 0 Å². The van der Waals surface area contributed by atoms with Crippen LogP contribution in [0.25, 0.3) is 11.0 Å². The number of sulfonamides is 1. The molecule has 4 aromatic rings. The summed E-state index contributed by atoms with van der Waals surface area (Å²) in [6, 6.07) is 11.4. The molecule has 0 saturated carbocycles. The van der Waals surface area contributed by atoms with Crippen LogP contribution in [0.15, 0.2) is 67.8 Å². The van der Waals surface area contributed by atoms with Crippen molar-refractivity contribution in [2.75, 3.05) is 10.0 Å². The monoisotopic (exact) mass is 491 g/mol. The van der Waals surface area contributed by atoms with Gasteiger partial charge in [-0.3, -0.25) is 9.52 Å². The number of hydrogen-bond donors (Lipinski definition) is 2. The predicted molar refractivity (Wildman–Crippen MR) is 116 cm³/mol. The van der Waals surface area contributed by atoms with Gasteiger partial charge in [-0.2, -0.15) is 0 Å². The average Bonchev–Trinajstić information content (AvgIpc) is 3.29. The van der Waals surface area contributed by atoms with Gasteiger partial charge in [-0.15, -0.1) is 11.3 Å². The van der Waals surface area contributed by atoms with E-state index in [1.807, 2.05) is 19.1 Å². The second-order valence-corrected chi connectivity index (χ2v) is 9.61. The predicted octanol–water partition coefficient (Wildman–Crippen LogP) is 5.01. The summed E-state index contributed by atoms with van der Waals surface area (Å²) in [4.78, 5) is 16.6. The Balaban J connectivity index is 1.53. The first-order valence-corrected chi connectivity index (χ1v) is 11.5. The van der Waals surface area contributed by atoms with Gasteiger partial charge in [-0.1, -0.05) is 15.9 Å². The van der Waals surface area contributed by atoms with E-state index >= 15 is 0 Å². The average molecular weight is 492 g/mol. The molecule has 0 radical (unpaired) electrons. The molecule has 0 unspecified atom stereocenters. The van der Waals surface area contributed by atoms with Gasteiger partial charge < -0.3 is 9.73 Å². The van der Waals surface area contributed by atoms with E-state index in [2.05, 4.69) is 31.0 Å². The number of aromatic nitrogens is 1. The summed E-state index contributed by atoms with van der Waals surface area (Å²) in [5, 5.41) is 5.55. The van der Waals surface area contributed by atoms with Gasteiger partial charge in [-0.05, 0) is 49.4 Å². The number of rotatable bonds is 5. The van der Waals surface area contributed by atoms with Gasteiger partial charge in [0.05, 0.1) is 4.90 Å². The number of furan rings is 1. The number of benzene rings is 2. The Morgan fingerprint density at radius 3 is 2.62 bits per heavy atom. The van der Waals surface area contributed by atoms with Crippen molar-refractivity contribution < 1.29 is 17.6 Å². The molecular formula is C19H14BrN3O4S2. The first-order valence-electron chi connectivity index (χ1n) is 8.36. The molecule has 0 aliphatic heterocycles. The highest BCUT2D eigenvalue weighted by Crippen LogP contribution is 2.28. The molecular weight excluding hydrogens is 478 g/mol. The van der Waals surface area contributed by atoms with E-state index in [-0.39, 0.29) is 15.8 Å². The third-order valence-electron chi connectivity index (χ3n) is 4.18. The maximum Gasteiger partial charge on any atom is 0.291 e. The molecule has 2 aromatic carbocycles. The standard InChI is InChI=1S/C19H14BrN3O4S2/c1-11-15-7-2-12(20)10-16(15)27-17(11)18(24)22-13-3-5-14(6-4-13)29(25,26)23-19-21-8-9-28-19/h2-10H,1H3,(H,21,23)(H,22,24). The Morgan fingerprint density at radius 1 is 1.17 bits per heavy atom. The number of aryl methyl sites for hydroxylation is 1. The number of anilines is 2.